The van der Waals surface area contributed by atoms with Crippen LogP contribution in [0.15, 0.2) is 0 Å². The quantitative estimate of drug-likeness (QED) is 0.760. The second-order valence-electron chi connectivity index (χ2n) is 2.70. The maximum atomic E-state index is 11.7. The molecule has 0 amide bonds. The number of alkyl halides is 2. The summed E-state index contributed by atoms with van der Waals surface area (Å²) in [5, 5.41) is 0. The van der Waals surface area contributed by atoms with Gasteiger partial charge in [0.15, 0.2) is 0 Å². The van der Waals surface area contributed by atoms with Crippen LogP contribution in [0.2, 0.25) is 0 Å². The van der Waals surface area contributed by atoms with Gasteiger partial charge in [-0.25, -0.2) is 8.78 Å². The van der Waals surface area contributed by atoms with Crippen LogP contribution >= 0.6 is 24.8 Å². The van der Waals surface area contributed by atoms with Crippen LogP contribution < -0.4 is 5.73 Å². The SMILES string of the molecule is Cl.Cl.N[C@H]1CCN(CC(F)F)C1. The minimum Gasteiger partial charge on any atom is -0.326 e. The summed E-state index contributed by atoms with van der Waals surface area (Å²) in [6.45, 7) is 1.24. The van der Waals surface area contributed by atoms with Gasteiger partial charge in [-0.3, -0.25) is 4.90 Å². The first-order valence-electron chi connectivity index (χ1n) is 3.44. The van der Waals surface area contributed by atoms with E-state index in [4.69, 9.17) is 5.73 Å². The maximum Gasteiger partial charge on any atom is 0.251 e. The highest BCUT2D eigenvalue weighted by atomic mass is 35.5. The van der Waals surface area contributed by atoms with Crippen LogP contribution in [-0.4, -0.2) is 37.0 Å². The molecule has 2 N–H and O–H groups in total. The van der Waals surface area contributed by atoms with Crippen LogP contribution in [0.25, 0.3) is 0 Å². The van der Waals surface area contributed by atoms with Crippen LogP contribution in [0.3, 0.4) is 0 Å². The van der Waals surface area contributed by atoms with Crippen molar-refractivity contribution in [2.45, 2.75) is 18.9 Å². The first kappa shape index (κ1) is 14.9. The van der Waals surface area contributed by atoms with Gasteiger partial charge in [-0.05, 0) is 13.0 Å². The van der Waals surface area contributed by atoms with Gasteiger partial charge in [-0.2, -0.15) is 0 Å². The summed E-state index contributed by atoms with van der Waals surface area (Å²) in [4.78, 5) is 1.70. The van der Waals surface area contributed by atoms with Crippen molar-refractivity contribution in [3.8, 4) is 0 Å². The molecule has 76 valence electrons. The van der Waals surface area contributed by atoms with E-state index >= 15 is 0 Å². The lowest BCUT2D eigenvalue weighted by atomic mass is 10.3. The van der Waals surface area contributed by atoms with E-state index < -0.39 is 6.43 Å². The monoisotopic (exact) mass is 222 g/mol. The van der Waals surface area contributed by atoms with Crippen LogP contribution in [0, 0.1) is 0 Å². The van der Waals surface area contributed by atoms with Crippen molar-refractivity contribution in [3.63, 3.8) is 0 Å². The topological polar surface area (TPSA) is 29.3 Å². The molecule has 0 aromatic heterocycles. The summed E-state index contributed by atoms with van der Waals surface area (Å²) in [5.41, 5.74) is 5.51. The van der Waals surface area contributed by atoms with E-state index in [1.807, 2.05) is 0 Å². The average molecular weight is 223 g/mol. The van der Waals surface area contributed by atoms with E-state index in [1.54, 1.807) is 4.90 Å². The third-order valence-corrected chi connectivity index (χ3v) is 1.71. The first-order valence-corrected chi connectivity index (χ1v) is 3.44. The standard InChI is InChI=1S/C6H12F2N2.2ClH/c7-6(8)4-10-2-1-5(9)3-10;;/h5-6H,1-4,9H2;2*1H/t5-;;/m0../s1. The van der Waals surface area contributed by atoms with Crippen LogP contribution in [-0.2, 0) is 0 Å². The number of nitrogens with zero attached hydrogens (tertiary/aromatic N) is 1. The lowest BCUT2D eigenvalue weighted by molar-refractivity contribution is 0.0991. The smallest absolute Gasteiger partial charge is 0.251 e. The van der Waals surface area contributed by atoms with Crippen molar-refractivity contribution in [2.75, 3.05) is 19.6 Å². The van der Waals surface area contributed by atoms with Gasteiger partial charge in [0.1, 0.15) is 0 Å². The summed E-state index contributed by atoms with van der Waals surface area (Å²) in [7, 11) is 0. The number of hydrogen-bond acceptors (Lipinski definition) is 2. The van der Waals surface area contributed by atoms with Crippen LogP contribution in [0.5, 0.6) is 0 Å². The molecular weight excluding hydrogens is 209 g/mol. The van der Waals surface area contributed by atoms with E-state index in [-0.39, 0.29) is 37.4 Å². The molecule has 1 heterocycles. The number of nitrogens with two attached hydrogens (primary N) is 1. The molecule has 0 bridgehead atoms. The second kappa shape index (κ2) is 6.83. The van der Waals surface area contributed by atoms with Gasteiger partial charge in [0.25, 0.3) is 6.43 Å². The Bertz CT molecular complexity index is 116. The van der Waals surface area contributed by atoms with Gasteiger partial charge in [0, 0.05) is 12.6 Å². The molecule has 0 saturated carbocycles. The lowest BCUT2D eigenvalue weighted by Gasteiger charge is -2.13. The Morgan fingerprint density at radius 2 is 2.00 bits per heavy atom. The van der Waals surface area contributed by atoms with Crippen molar-refractivity contribution in [1.29, 1.82) is 0 Å². The van der Waals surface area contributed by atoms with Gasteiger partial charge in [0.2, 0.25) is 0 Å². The third kappa shape index (κ3) is 5.09. The number of hydrogen-bond donors (Lipinski definition) is 1. The number of rotatable bonds is 2. The van der Waals surface area contributed by atoms with Gasteiger partial charge in [0.05, 0.1) is 6.54 Å². The van der Waals surface area contributed by atoms with E-state index in [2.05, 4.69) is 0 Å². The summed E-state index contributed by atoms with van der Waals surface area (Å²) in [6.07, 6.45) is -1.36. The molecule has 1 aliphatic heterocycles. The molecule has 1 fully saturated rings. The van der Waals surface area contributed by atoms with E-state index in [0.717, 1.165) is 13.0 Å². The van der Waals surface area contributed by atoms with Gasteiger partial charge in [-0.1, -0.05) is 0 Å². The average Bonchev–Trinajstić information content (AvgIpc) is 2.13. The van der Waals surface area contributed by atoms with Crippen molar-refractivity contribution in [2.24, 2.45) is 5.73 Å². The van der Waals surface area contributed by atoms with E-state index in [1.165, 1.54) is 0 Å². The normalized spacial score (nSPS) is 23.5. The number of likely N-dealkylation sites (tertiary alicyclic amines) is 1. The van der Waals surface area contributed by atoms with E-state index in [0.29, 0.717) is 6.54 Å². The summed E-state index contributed by atoms with van der Waals surface area (Å²) in [5.74, 6) is 0. The largest absolute Gasteiger partial charge is 0.326 e. The van der Waals surface area contributed by atoms with E-state index in [9.17, 15) is 8.78 Å². The fourth-order valence-corrected chi connectivity index (χ4v) is 1.22. The van der Waals surface area contributed by atoms with Crippen LogP contribution in [0.1, 0.15) is 6.42 Å². The fraction of sp³-hybridized carbons (Fsp3) is 1.00. The lowest BCUT2D eigenvalue weighted by Crippen LogP contribution is -2.30. The Hall–Kier alpha value is 0.360. The summed E-state index contributed by atoms with van der Waals surface area (Å²) >= 11 is 0. The molecule has 1 saturated heterocycles. The molecule has 2 nitrogen and oxygen atoms in total. The molecule has 0 radical (unpaired) electrons. The zero-order chi connectivity index (χ0) is 7.56. The Morgan fingerprint density at radius 1 is 1.42 bits per heavy atom. The predicted octanol–water partition coefficient (Wildman–Crippen LogP) is 1.13. The molecule has 1 rings (SSSR count). The highest BCUT2D eigenvalue weighted by Crippen LogP contribution is 2.08. The fourth-order valence-electron chi connectivity index (χ4n) is 1.22. The molecule has 0 unspecified atom stereocenters. The van der Waals surface area contributed by atoms with Crippen molar-refractivity contribution in [1.82, 2.24) is 4.90 Å². The molecule has 0 aliphatic carbocycles. The summed E-state index contributed by atoms with van der Waals surface area (Å²) < 4.78 is 23.5. The van der Waals surface area contributed by atoms with Crippen LogP contribution in [0.4, 0.5) is 8.78 Å². The molecule has 1 atom stereocenters. The van der Waals surface area contributed by atoms with Gasteiger partial charge >= 0.3 is 0 Å². The molecule has 12 heavy (non-hydrogen) atoms. The third-order valence-electron chi connectivity index (χ3n) is 1.71. The molecule has 0 aromatic rings. The molecular formula is C6H14Cl2F2N2. The molecule has 0 aromatic carbocycles. The zero-order valence-electron chi connectivity index (χ0n) is 6.58. The molecule has 0 spiro atoms. The number of halogens is 4. The second-order valence-corrected chi connectivity index (χ2v) is 2.70. The minimum absolute atomic E-state index is 0. The van der Waals surface area contributed by atoms with Crippen molar-refractivity contribution in [3.05, 3.63) is 0 Å². The van der Waals surface area contributed by atoms with Crippen molar-refractivity contribution >= 4 is 24.8 Å². The Morgan fingerprint density at radius 3 is 2.33 bits per heavy atom. The Balaban J connectivity index is 0. The maximum absolute atomic E-state index is 11.7. The van der Waals surface area contributed by atoms with Gasteiger partial charge in [-0.15, -0.1) is 24.8 Å². The Kier molecular flexibility index (Phi) is 8.46. The molecule has 1 aliphatic rings. The Labute approximate surface area is 83.3 Å². The van der Waals surface area contributed by atoms with Crippen molar-refractivity contribution < 1.29 is 8.78 Å². The predicted molar refractivity (Wildman–Crippen MR) is 49.5 cm³/mol. The van der Waals surface area contributed by atoms with Gasteiger partial charge < -0.3 is 5.73 Å². The zero-order valence-corrected chi connectivity index (χ0v) is 8.21. The first-order chi connectivity index (χ1) is 4.68. The minimum atomic E-state index is -2.22. The summed E-state index contributed by atoms with van der Waals surface area (Å²) in [6, 6.07) is 0.110. The highest BCUT2D eigenvalue weighted by Gasteiger charge is 2.21. The molecule has 6 heteroatoms. The highest BCUT2D eigenvalue weighted by molar-refractivity contribution is 5.85.